The number of aromatic nitrogens is 1. The van der Waals surface area contributed by atoms with E-state index in [0.29, 0.717) is 12.6 Å². The first kappa shape index (κ1) is 16.9. The van der Waals surface area contributed by atoms with Crippen LogP contribution in [0.3, 0.4) is 0 Å². The summed E-state index contributed by atoms with van der Waals surface area (Å²) in [7, 11) is 0. The molecule has 2 aromatic rings. The minimum atomic E-state index is -0.156. The van der Waals surface area contributed by atoms with Crippen molar-refractivity contribution in [3.8, 4) is 11.3 Å². The van der Waals surface area contributed by atoms with Gasteiger partial charge in [0.15, 0.2) is 0 Å². The zero-order valence-corrected chi connectivity index (χ0v) is 14.6. The third kappa shape index (κ3) is 4.55. The van der Waals surface area contributed by atoms with E-state index in [4.69, 9.17) is 4.74 Å². The van der Waals surface area contributed by atoms with Gasteiger partial charge in [-0.15, -0.1) is 11.3 Å². The van der Waals surface area contributed by atoms with E-state index in [1.54, 1.807) is 11.3 Å². The number of benzene rings is 1. The van der Waals surface area contributed by atoms with E-state index in [-0.39, 0.29) is 12.1 Å². The Bertz CT molecular complexity index is 653. The molecule has 1 fully saturated rings. The Morgan fingerprint density at radius 3 is 3.00 bits per heavy atom. The average molecular weight is 345 g/mol. The van der Waals surface area contributed by atoms with Gasteiger partial charge in [0.25, 0.3) is 0 Å². The predicted octanol–water partition coefficient (Wildman–Crippen LogP) is 3.74. The fraction of sp³-hybridized carbons (Fsp3) is 0.444. The summed E-state index contributed by atoms with van der Waals surface area (Å²) in [6.07, 6.45) is 3.40. The number of hydrogen-bond donors (Lipinski definition) is 2. The number of rotatable bonds is 6. The molecule has 1 aliphatic heterocycles. The number of amides is 2. The van der Waals surface area contributed by atoms with Crippen LogP contribution in [0.1, 0.15) is 37.2 Å². The minimum absolute atomic E-state index is 0.116. The van der Waals surface area contributed by atoms with Crippen LogP contribution in [0, 0.1) is 0 Å². The second-order valence-corrected chi connectivity index (χ2v) is 6.87. The molecule has 0 aliphatic carbocycles. The Morgan fingerprint density at radius 1 is 1.42 bits per heavy atom. The van der Waals surface area contributed by atoms with Crippen LogP contribution in [0.15, 0.2) is 35.7 Å². The number of carbonyl (C=O) groups excluding carboxylic acids is 1. The number of carbonyl (C=O) groups is 1. The smallest absolute Gasteiger partial charge is 0.315 e. The molecule has 24 heavy (non-hydrogen) atoms. The van der Waals surface area contributed by atoms with Gasteiger partial charge in [0.2, 0.25) is 0 Å². The van der Waals surface area contributed by atoms with Gasteiger partial charge in [-0.2, -0.15) is 0 Å². The lowest BCUT2D eigenvalue weighted by Gasteiger charge is -2.14. The molecule has 5 nitrogen and oxygen atoms in total. The highest BCUT2D eigenvalue weighted by Crippen LogP contribution is 2.25. The first-order valence-corrected chi connectivity index (χ1v) is 9.27. The van der Waals surface area contributed by atoms with E-state index in [9.17, 15) is 4.79 Å². The van der Waals surface area contributed by atoms with Crippen molar-refractivity contribution in [1.82, 2.24) is 15.6 Å². The van der Waals surface area contributed by atoms with Crippen molar-refractivity contribution >= 4 is 17.4 Å². The fourth-order valence-electron chi connectivity index (χ4n) is 2.76. The molecular formula is C18H23N3O2S. The molecule has 3 rings (SSSR count). The molecule has 0 spiro atoms. The highest BCUT2D eigenvalue weighted by atomic mass is 32.1. The number of hydrogen-bond acceptors (Lipinski definition) is 4. The van der Waals surface area contributed by atoms with E-state index < -0.39 is 0 Å². The zero-order chi connectivity index (χ0) is 16.8. The molecule has 1 aromatic heterocycles. The van der Waals surface area contributed by atoms with Crippen molar-refractivity contribution in [2.75, 3.05) is 13.2 Å². The van der Waals surface area contributed by atoms with E-state index in [1.807, 2.05) is 42.6 Å². The molecule has 0 bridgehead atoms. The SMILES string of the molecule is C[C@H](NC(=O)NCC[C@@H]1CCCO1)c1nc(-c2ccccc2)cs1. The average Bonchev–Trinajstić information content (AvgIpc) is 3.27. The normalized spacial score (nSPS) is 18.3. The van der Waals surface area contributed by atoms with Gasteiger partial charge in [0.05, 0.1) is 17.8 Å². The molecule has 6 heteroatoms. The number of nitrogens with one attached hydrogen (secondary N) is 2. The molecule has 1 saturated heterocycles. The zero-order valence-electron chi connectivity index (χ0n) is 13.8. The minimum Gasteiger partial charge on any atom is -0.378 e. The summed E-state index contributed by atoms with van der Waals surface area (Å²) in [4.78, 5) is 16.6. The van der Waals surface area contributed by atoms with Gasteiger partial charge in [0.1, 0.15) is 5.01 Å². The van der Waals surface area contributed by atoms with Crippen molar-refractivity contribution in [3.63, 3.8) is 0 Å². The van der Waals surface area contributed by atoms with Crippen LogP contribution in [0.4, 0.5) is 4.79 Å². The quantitative estimate of drug-likeness (QED) is 0.838. The van der Waals surface area contributed by atoms with Crippen LogP contribution in [-0.2, 0) is 4.74 Å². The molecule has 2 N–H and O–H groups in total. The first-order valence-electron chi connectivity index (χ1n) is 8.39. The van der Waals surface area contributed by atoms with Crippen molar-refractivity contribution in [3.05, 3.63) is 40.7 Å². The number of ether oxygens (including phenoxy) is 1. The van der Waals surface area contributed by atoms with E-state index in [1.165, 1.54) is 0 Å². The van der Waals surface area contributed by atoms with Crippen LogP contribution in [0.5, 0.6) is 0 Å². The van der Waals surface area contributed by atoms with E-state index in [2.05, 4.69) is 15.6 Å². The van der Waals surface area contributed by atoms with Gasteiger partial charge in [-0.05, 0) is 26.2 Å². The van der Waals surface area contributed by atoms with Gasteiger partial charge in [-0.3, -0.25) is 0 Å². The summed E-state index contributed by atoms with van der Waals surface area (Å²) in [6.45, 7) is 3.44. The van der Waals surface area contributed by atoms with Crippen LogP contribution in [0.25, 0.3) is 11.3 Å². The predicted molar refractivity (Wildman–Crippen MR) is 96.1 cm³/mol. The lowest BCUT2D eigenvalue weighted by atomic mass is 10.2. The highest BCUT2D eigenvalue weighted by Gasteiger charge is 2.16. The van der Waals surface area contributed by atoms with Gasteiger partial charge >= 0.3 is 6.03 Å². The van der Waals surface area contributed by atoms with Gasteiger partial charge in [0, 0.05) is 24.1 Å². The largest absolute Gasteiger partial charge is 0.378 e. The van der Waals surface area contributed by atoms with Crippen LogP contribution in [-0.4, -0.2) is 30.3 Å². The summed E-state index contributed by atoms with van der Waals surface area (Å²) >= 11 is 1.57. The summed E-state index contributed by atoms with van der Waals surface area (Å²) < 4.78 is 5.55. The van der Waals surface area contributed by atoms with E-state index >= 15 is 0 Å². The number of thiazole rings is 1. The Labute approximate surface area is 146 Å². The topological polar surface area (TPSA) is 63.2 Å². The summed E-state index contributed by atoms with van der Waals surface area (Å²) in [6, 6.07) is 9.78. The summed E-state index contributed by atoms with van der Waals surface area (Å²) in [5.41, 5.74) is 2.04. The Hall–Kier alpha value is -1.92. The fourth-order valence-corrected chi connectivity index (χ4v) is 3.59. The van der Waals surface area contributed by atoms with Crippen LogP contribution in [0.2, 0.25) is 0 Å². The van der Waals surface area contributed by atoms with Crippen molar-refractivity contribution < 1.29 is 9.53 Å². The second kappa shape index (κ2) is 8.26. The van der Waals surface area contributed by atoms with Crippen LogP contribution >= 0.6 is 11.3 Å². The third-order valence-electron chi connectivity index (χ3n) is 4.09. The van der Waals surface area contributed by atoms with Crippen molar-refractivity contribution in [2.24, 2.45) is 0 Å². The second-order valence-electron chi connectivity index (χ2n) is 5.98. The standard InChI is InChI=1S/C18H23N3O2S/c1-13(20-18(22)19-10-9-15-8-5-11-23-15)17-21-16(12-24-17)14-6-3-2-4-7-14/h2-4,6-7,12-13,15H,5,8-11H2,1H3,(H2,19,20,22)/t13-,15-/m0/s1. The maximum absolute atomic E-state index is 12.0. The summed E-state index contributed by atoms with van der Waals surface area (Å²) in [5, 5.41) is 8.77. The Morgan fingerprint density at radius 2 is 2.25 bits per heavy atom. The summed E-state index contributed by atoms with van der Waals surface area (Å²) in [5.74, 6) is 0. The number of urea groups is 1. The van der Waals surface area contributed by atoms with Crippen molar-refractivity contribution in [2.45, 2.75) is 38.3 Å². The molecule has 1 aliphatic rings. The van der Waals surface area contributed by atoms with Gasteiger partial charge in [-0.25, -0.2) is 9.78 Å². The molecule has 2 heterocycles. The molecule has 0 unspecified atom stereocenters. The lowest BCUT2D eigenvalue weighted by molar-refractivity contribution is 0.104. The maximum Gasteiger partial charge on any atom is 0.315 e. The molecule has 128 valence electrons. The monoisotopic (exact) mass is 345 g/mol. The molecule has 1 aromatic carbocycles. The number of nitrogens with zero attached hydrogens (tertiary/aromatic N) is 1. The van der Waals surface area contributed by atoms with Crippen molar-refractivity contribution in [1.29, 1.82) is 0 Å². The van der Waals surface area contributed by atoms with Gasteiger partial charge in [-0.1, -0.05) is 30.3 Å². The van der Waals surface area contributed by atoms with E-state index in [0.717, 1.165) is 42.1 Å². The highest BCUT2D eigenvalue weighted by molar-refractivity contribution is 7.10. The first-order chi connectivity index (χ1) is 11.7. The molecule has 0 radical (unpaired) electrons. The molecule has 2 atom stereocenters. The van der Waals surface area contributed by atoms with Crippen LogP contribution < -0.4 is 10.6 Å². The molecular weight excluding hydrogens is 322 g/mol. The Balaban J connectivity index is 1.46. The maximum atomic E-state index is 12.0. The lowest BCUT2D eigenvalue weighted by Crippen LogP contribution is -2.38. The van der Waals surface area contributed by atoms with Gasteiger partial charge < -0.3 is 15.4 Å². The Kier molecular flexibility index (Phi) is 5.82. The molecule has 0 saturated carbocycles. The third-order valence-corrected chi connectivity index (χ3v) is 5.11. The molecule has 2 amide bonds.